The summed E-state index contributed by atoms with van der Waals surface area (Å²) in [5, 5.41) is 0. The number of benzene rings is 1. The number of thiophene rings is 1. The van der Waals surface area contributed by atoms with E-state index in [2.05, 4.69) is 20.7 Å². The summed E-state index contributed by atoms with van der Waals surface area (Å²) in [6.45, 7) is 3.45. The van der Waals surface area contributed by atoms with E-state index in [-0.39, 0.29) is 4.90 Å². The number of carbonyl (C=O) groups excluding carboxylic acids is 1. The van der Waals surface area contributed by atoms with Crippen LogP contribution in [0.5, 0.6) is 0 Å². The molecule has 0 aliphatic rings. The van der Waals surface area contributed by atoms with Gasteiger partial charge in [0.2, 0.25) is 5.91 Å². The fourth-order valence-corrected chi connectivity index (χ4v) is 5.38. The maximum atomic E-state index is 12.4. The lowest BCUT2D eigenvalue weighted by atomic mass is 10.1. The molecule has 1 heterocycles. The quantitative estimate of drug-likeness (QED) is 0.843. The SMILES string of the molecule is Cc1cc(C(N)=O)ccc1NS(=O)(=O)c1cc(Br)sc1C. The van der Waals surface area contributed by atoms with Crippen molar-refractivity contribution in [2.45, 2.75) is 18.7 Å². The number of hydrogen-bond donors (Lipinski definition) is 2. The molecule has 2 aromatic rings. The van der Waals surface area contributed by atoms with Crippen molar-refractivity contribution in [2.24, 2.45) is 5.73 Å². The van der Waals surface area contributed by atoms with Crippen molar-refractivity contribution in [1.82, 2.24) is 0 Å². The number of carbonyl (C=O) groups is 1. The largest absolute Gasteiger partial charge is 0.366 e. The number of nitrogens with two attached hydrogens (primary N) is 1. The molecule has 3 N–H and O–H groups in total. The van der Waals surface area contributed by atoms with Crippen molar-refractivity contribution in [1.29, 1.82) is 0 Å². The first kappa shape index (κ1) is 16.0. The summed E-state index contributed by atoms with van der Waals surface area (Å²) in [7, 11) is -3.66. The van der Waals surface area contributed by atoms with Crippen LogP contribution in [0.2, 0.25) is 0 Å². The molecule has 21 heavy (non-hydrogen) atoms. The number of hydrogen-bond acceptors (Lipinski definition) is 4. The van der Waals surface area contributed by atoms with E-state index in [1.165, 1.54) is 23.5 Å². The normalized spacial score (nSPS) is 11.4. The van der Waals surface area contributed by atoms with Gasteiger partial charge in [0.05, 0.1) is 9.47 Å². The highest BCUT2D eigenvalue weighted by Crippen LogP contribution is 2.31. The summed E-state index contributed by atoms with van der Waals surface area (Å²) < 4.78 is 28.1. The Balaban J connectivity index is 2.37. The first-order chi connectivity index (χ1) is 9.70. The van der Waals surface area contributed by atoms with Crippen molar-refractivity contribution in [3.63, 3.8) is 0 Å². The Morgan fingerprint density at radius 3 is 2.43 bits per heavy atom. The van der Waals surface area contributed by atoms with Crippen LogP contribution in [0.15, 0.2) is 32.9 Å². The van der Waals surface area contributed by atoms with Gasteiger partial charge in [-0.05, 0) is 59.6 Å². The number of amides is 1. The number of halogens is 1. The van der Waals surface area contributed by atoms with Crippen molar-refractivity contribution in [2.75, 3.05) is 4.72 Å². The summed E-state index contributed by atoms with van der Waals surface area (Å²) >= 11 is 4.63. The Bertz CT molecular complexity index is 813. The van der Waals surface area contributed by atoms with Gasteiger partial charge in [-0.3, -0.25) is 9.52 Å². The molecule has 1 amide bonds. The Morgan fingerprint density at radius 2 is 1.95 bits per heavy atom. The molecule has 1 aromatic heterocycles. The van der Waals surface area contributed by atoms with Crippen molar-refractivity contribution >= 4 is 48.9 Å². The molecule has 112 valence electrons. The van der Waals surface area contributed by atoms with E-state index < -0.39 is 15.9 Å². The Kier molecular flexibility index (Phi) is 4.40. The standard InChI is InChI=1S/C13H13BrN2O3S2/c1-7-5-9(13(15)17)3-4-10(7)16-21(18,19)11-6-12(14)20-8(11)2/h3-6,16H,1-2H3,(H2,15,17). The third-order valence-electron chi connectivity index (χ3n) is 2.89. The van der Waals surface area contributed by atoms with Crippen LogP contribution in [0, 0.1) is 13.8 Å². The minimum absolute atomic E-state index is 0.234. The zero-order valence-electron chi connectivity index (χ0n) is 11.3. The molecule has 0 saturated heterocycles. The molecule has 2 rings (SSSR count). The number of nitrogens with one attached hydrogen (secondary N) is 1. The average Bonchev–Trinajstić information content (AvgIpc) is 2.71. The predicted molar refractivity (Wildman–Crippen MR) is 87.3 cm³/mol. The molecular formula is C13H13BrN2O3S2. The van der Waals surface area contributed by atoms with Gasteiger partial charge < -0.3 is 5.73 Å². The molecule has 5 nitrogen and oxygen atoms in total. The highest BCUT2D eigenvalue weighted by molar-refractivity contribution is 9.11. The Labute approximate surface area is 135 Å². The van der Waals surface area contributed by atoms with Crippen LogP contribution in [-0.4, -0.2) is 14.3 Å². The molecule has 0 saturated carbocycles. The van der Waals surface area contributed by atoms with Crippen LogP contribution in [0.25, 0.3) is 0 Å². The lowest BCUT2D eigenvalue weighted by Crippen LogP contribution is -2.15. The highest BCUT2D eigenvalue weighted by atomic mass is 79.9. The van der Waals surface area contributed by atoms with E-state index in [0.29, 0.717) is 21.7 Å². The van der Waals surface area contributed by atoms with E-state index in [9.17, 15) is 13.2 Å². The summed E-state index contributed by atoms with van der Waals surface area (Å²) in [6, 6.07) is 6.14. The zero-order valence-corrected chi connectivity index (χ0v) is 14.5. The smallest absolute Gasteiger partial charge is 0.263 e. The molecule has 0 aliphatic heterocycles. The molecular weight excluding hydrogens is 376 g/mol. The molecule has 8 heteroatoms. The number of aryl methyl sites for hydroxylation is 2. The Hall–Kier alpha value is -1.38. The second-order valence-corrected chi connectivity index (χ2v) is 8.76. The summed E-state index contributed by atoms with van der Waals surface area (Å²) in [5.74, 6) is -0.551. The lowest BCUT2D eigenvalue weighted by Gasteiger charge is -2.11. The molecule has 0 radical (unpaired) electrons. The van der Waals surface area contributed by atoms with Crippen LogP contribution >= 0.6 is 27.3 Å². The van der Waals surface area contributed by atoms with Gasteiger partial charge >= 0.3 is 0 Å². The maximum Gasteiger partial charge on any atom is 0.263 e. The van der Waals surface area contributed by atoms with E-state index >= 15 is 0 Å². The van der Waals surface area contributed by atoms with Gasteiger partial charge in [0, 0.05) is 10.4 Å². The fourth-order valence-electron chi connectivity index (χ4n) is 1.83. The first-order valence-corrected chi connectivity index (χ1v) is 8.99. The zero-order chi connectivity index (χ0) is 15.8. The number of rotatable bonds is 4. The maximum absolute atomic E-state index is 12.4. The van der Waals surface area contributed by atoms with Gasteiger partial charge in [-0.1, -0.05) is 0 Å². The predicted octanol–water partition coefficient (Wildman–Crippen LogP) is 3.03. The van der Waals surface area contributed by atoms with Crippen LogP contribution in [0.3, 0.4) is 0 Å². The second-order valence-electron chi connectivity index (χ2n) is 4.47. The van der Waals surface area contributed by atoms with Crippen LogP contribution in [0.4, 0.5) is 5.69 Å². The molecule has 0 aliphatic carbocycles. The van der Waals surface area contributed by atoms with E-state index in [4.69, 9.17) is 5.73 Å². The number of anilines is 1. The van der Waals surface area contributed by atoms with Gasteiger partial charge in [-0.25, -0.2) is 8.42 Å². The summed E-state index contributed by atoms with van der Waals surface area (Å²) in [5.41, 5.74) is 6.58. The van der Waals surface area contributed by atoms with Crippen molar-refractivity contribution < 1.29 is 13.2 Å². The molecule has 0 bridgehead atoms. The minimum atomic E-state index is -3.66. The Morgan fingerprint density at radius 1 is 1.29 bits per heavy atom. The first-order valence-electron chi connectivity index (χ1n) is 5.90. The van der Waals surface area contributed by atoms with Crippen LogP contribution in [0.1, 0.15) is 20.8 Å². The monoisotopic (exact) mass is 388 g/mol. The highest BCUT2D eigenvalue weighted by Gasteiger charge is 2.20. The third kappa shape index (κ3) is 3.45. The van der Waals surface area contributed by atoms with Gasteiger partial charge in [0.1, 0.15) is 4.90 Å². The van der Waals surface area contributed by atoms with Crippen LogP contribution < -0.4 is 10.5 Å². The van der Waals surface area contributed by atoms with Crippen molar-refractivity contribution in [3.8, 4) is 0 Å². The average molecular weight is 389 g/mol. The second kappa shape index (κ2) is 5.78. The van der Waals surface area contributed by atoms with E-state index in [1.807, 2.05) is 0 Å². The minimum Gasteiger partial charge on any atom is -0.366 e. The molecule has 0 fully saturated rings. The van der Waals surface area contributed by atoms with Gasteiger partial charge in [0.15, 0.2) is 0 Å². The molecule has 0 unspecified atom stereocenters. The van der Waals surface area contributed by atoms with Gasteiger partial charge in [0.25, 0.3) is 10.0 Å². The lowest BCUT2D eigenvalue weighted by molar-refractivity contribution is 0.1000. The summed E-state index contributed by atoms with van der Waals surface area (Å²) in [4.78, 5) is 12.0. The summed E-state index contributed by atoms with van der Waals surface area (Å²) in [6.07, 6.45) is 0. The fraction of sp³-hybridized carbons (Fsp3) is 0.154. The molecule has 1 aromatic carbocycles. The van der Waals surface area contributed by atoms with E-state index in [0.717, 1.165) is 3.79 Å². The van der Waals surface area contributed by atoms with Crippen molar-refractivity contribution in [3.05, 3.63) is 44.1 Å². The molecule has 0 atom stereocenters. The van der Waals surface area contributed by atoms with Gasteiger partial charge in [-0.2, -0.15) is 0 Å². The number of sulfonamides is 1. The topological polar surface area (TPSA) is 89.3 Å². The molecule has 0 spiro atoms. The third-order valence-corrected chi connectivity index (χ3v) is 6.06. The van der Waals surface area contributed by atoms with Crippen LogP contribution in [-0.2, 0) is 10.0 Å². The number of primary amides is 1. The van der Waals surface area contributed by atoms with E-state index in [1.54, 1.807) is 26.0 Å². The van der Waals surface area contributed by atoms with Gasteiger partial charge in [-0.15, -0.1) is 11.3 Å².